The molecule has 0 saturated heterocycles. The van der Waals surface area contributed by atoms with Gasteiger partial charge in [0.1, 0.15) is 0 Å². The van der Waals surface area contributed by atoms with Gasteiger partial charge >= 0.3 is 0 Å². The monoisotopic (exact) mass is 255 g/mol. The van der Waals surface area contributed by atoms with Crippen LogP contribution in [0, 0.1) is 6.92 Å². The molecule has 0 spiro atoms. The third kappa shape index (κ3) is 2.95. The van der Waals surface area contributed by atoms with Crippen LogP contribution < -0.4 is 11.1 Å². The molecule has 3 N–H and O–H groups in total. The maximum atomic E-state index is 12.0. The molecule has 0 aliphatic heterocycles. The molecule has 0 bridgehead atoms. The van der Waals surface area contributed by atoms with E-state index in [-0.39, 0.29) is 5.91 Å². The second kappa shape index (κ2) is 5.30. The second-order valence-electron chi connectivity index (χ2n) is 4.09. The minimum Gasteiger partial charge on any atom is -0.366 e. The Labute approximate surface area is 110 Å². The van der Waals surface area contributed by atoms with Gasteiger partial charge in [-0.1, -0.05) is 6.07 Å². The number of amides is 2. The van der Waals surface area contributed by atoms with Gasteiger partial charge in [-0.15, -0.1) is 0 Å². The third-order valence-electron chi connectivity index (χ3n) is 2.69. The number of hydrogen-bond donors (Lipinski definition) is 2. The summed E-state index contributed by atoms with van der Waals surface area (Å²) < 4.78 is 0. The van der Waals surface area contributed by atoms with Gasteiger partial charge in [0.05, 0.1) is 5.56 Å². The van der Waals surface area contributed by atoms with Crippen LogP contribution in [0.4, 0.5) is 5.69 Å². The molecule has 0 aliphatic rings. The van der Waals surface area contributed by atoms with Gasteiger partial charge in [-0.25, -0.2) is 0 Å². The zero-order valence-corrected chi connectivity index (χ0v) is 10.4. The van der Waals surface area contributed by atoms with Crippen molar-refractivity contribution in [2.45, 2.75) is 6.92 Å². The van der Waals surface area contributed by atoms with Crippen molar-refractivity contribution >= 4 is 17.5 Å². The molecular weight excluding hydrogens is 242 g/mol. The highest BCUT2D eigenvalue weighted by atomic mass is 16.2. The topological polar surface area (TPSA) is 85.1 Å². The average molecular weight is 255 g/mol. The molecule has 0 radical (unpaired) electrons. The summed E-state index contributed by atoms with van der Waals surface area (Å²) in [6.45, 7) is 1.84. The van der Waals surface area contributed by atoms with Crippen molar-refractivity contribution in [2.24, 2.45) is 5.73 Å². The van der Waals surface area contributed by atoms with Gasteiger partial charge in [-0.05, 0) is 36.8 Å². The van der Waals surface area contributed by atoms with Gasteiger partial charge < -0.3 is 11.1 Å². The molecular formula is C14H13N3O2. The van der Waals surface area contributed by atoms with Gasteiger partial charge in [0.15, 0.2) is 0 Å². The number of aromatic nitrogens is 1. The molecule has 1 heterocycles. The summed E-state index contributed by atoms with van der Waals surface area (Å²) in [4.78, 5) is 27.0. The van der Waals surface area contributed by atoms with Crippen LogP contribution in [0.15, 0.2) is 42.7 Å². The van der Waals surface area contributed by atoms with E-state index in [0.717, 1.165) is 5.56 Å². The molecule has 0 saturated carbocycles. The minimum absolute atomic E-state index is 0.280. The third-order valence-corrected chi connectivity index (χ3v) is 2.69. The molecule has 96 valence electrons. The number of nitrogens with one attached hydrogen (secondary N) is 1. The Morgan fingerprint density at radius 1 is 1.21 bits per heavy atom. The van der Waals surface area contributed by atoms with Crippen LogP contribution in [-0.4, -0.2) is 16.8 Å². The normalized spacial score (nSPS) is 9.95. The van der Waals surface area contributed by atoms with Crippen LogP contribution in [-0.2, 0) is 0 Å². The predicted octanol–water partition coefficient (Wildman–Crippen LogP) is 1.74. The summed E-state index contributed by atoms with van der Waals surface area (Å²) in [5.74, 6) is -0.810. The van der Waals surface area contributed by atoms with E-state index >= 15 is 0 Å². The largest absolute Gasteiger partial charge is 0.366 e. The van der Waals surface area contributed by atoms with Gasteiger partial charge in [0.25, 0.3) is 5.91 Å². The first-order chi connectivity index (χ1) is 9.08. The maximum Gasteiger partial charge on any atom is 0.257 e. The maximum absolute atomic E-state index is 12.0. The first kappa shape index (κ1) is 12.8. The lowest BCUT2D eigenvalue weighted by atomic mass is 10.1. The summed E-state index contributed by atoms with van der Waals surface area (Å²) in [5, 5.41) is 2.74. The number of carbonyl (C=O) groups excluding carboxylic acids is 2. The zero-order valence-electron chi connectivity index (χ0n) is 10.4. The Hall–Kier alpha value is -2.69. The Morgan fingerprint density at radius 2 is 2.00 bits per heavy atom. The number of aryl methyl sites for hydroxylation is 1. The Morgan fingerprint density at radius 3 is 2.63 bits per heavy atom. The molecule has 19 heavy (non-hydrogen) atoms. The number of rotatable bonds is 3. The zero-order chi connectivity index (χ0) is 13.8. The van der Waals surface area contributed by atoms with E-state index in [9.17, 15) is 9.59 Å². The molecule has 1 aromatic carbocycles. The van der Waals surface area contributed by atoms with Crippen LogP contribution in [0.5, 0.6) is 0 Å². The number of primary amides is 1. The van der Waals surface area contributed by atoms with E-state index in [2.05, 4.69) is 10.3 Å². The molecule has 1 aromatic heterocycles. The summed E-state index contributed by atoms with van der Waals surface area (Å²) in [6.07, 6.45) is 3.07. The molecule has 0 fully saturated rings. The molecule has 2 aromatic rings. The number of benzene rings is 1. The van der Waals surface area contributed by atoms with Crippen molar-refractivity contribution in [1.29, 1.82) is 0 Å². The highest BCUT2D eigenvalue weighted by Crippen LogP contribution is 2.17. The molecule has 5 heteroatoms. The summed E-state index contributed by atoms with van der Waals surface area (Å²) in [6, 6.07) is 8.26. The van der Waals surface area contributed by atoms with Crippen LogP contribution in [0.3, 0.4) is 0 Å². The number of carbonyl (C=O) groups is 2. The average Bonchev–Trinajstić information content (AvgIpc) is 2.42. The van der Waals surface area contributed by atoms with Crippen molar-refractivity contribution < 1.29 is 9.59 Å². The van der Waals surface area contributed by atoms with E-state index in [1.54, 1.807) is 36.5 Å². The molecule has 5 nitrogen and oxygen atoms in total. The smallest absolute Gasteiger partial charge is 0.257 e. The van der Waals surface area contributed by atoms with E-state index in [4.69, 9.17) is 5.73 Å². The van der Waals surface area contributed by atoms with Crippen LogP contribution in [0.25, 0.3) is 0 Å². The fraction of sp³-hybridized carbons (Fsp3) is 0.0714. The minimum atomic E-state index is -0.531. The van der Waals surface area contributed by atoms with Crippen molar-refractivity contribution in [3.05, 3.63) is 59.4 Å². The van der Waals surface area contributed by atoms with Gasteiger partial charge in [-0.3, -0.25) is 14.6 Å². The number of pyridine rings is 1. The SMILES string of the molecule is Cc1ccc(C(N)=O)cc1NC(=O)c1cccnc1. The number of anilines is 1. The first-order valence-electron chi connectivity index (χ1n) is 5.70. The van der Waals surface area contributed by atoms with Gasteiger partial charge in [0, 0.05) is 23.6 Å². The standard InChI is InChI=1S/C14H13N3O2/c1-9-4-5-10(13(15)18)7-12(9)17-14(19)11-3-2-6-16-8-11/h2-8H,1H3,(H2,15,18)(H,17,19). The summed E-state index contributed by atoms with van der Waals surface area (Å²) >= 11 is 0. The Balaban J connectivity index is 2.26. The number of hydrogen-bond acceptors (Lipinski definition) is 3. The molecule has 0 unspecified atom stereocenters. The van der Waals surface area contributed by atoms with Crippen LogP contribution >= 0.6 is 0 Å². The van der Waals surface area contributed by atoms with Crippen molar-refractivity contribution in [2.75, 3.05) is 5.32 Å². The van der Waals surface area contributed by atoms with Crippen molar-refractivity contribution in [1.82, 2.24) is 4.98 Å². The predicted molar refractivity (Wildman–Crippen MR) is 71.9 cm³/mol. The number of nitrogens with zero attached hydrogens (tertiary/aromatic N) is 1. The lowest BCUT2D eigenvalue weighted by molar-refractivity contribution is 0.0996. The molecule has 2 rings (SSSR count). The highest BCUT2D eigenvalue weighted by Gasteiger charge is 2.09. The van der Waals surface area contributed by atoms with Crippen LogP contribution in [0.2, 0.25) is 0 Å². The van der Waals surface area contributed by atoms with Crippen molar-refractivity contribution in [3.63, 3.8) is 0 Å². The van der Waals surface area contributed by atoms with E-state index in [0.29, 0.717) is 16.8 Å². The molecule has 2 amide bonds. The molecule has 0 atom stereocenters. The van der Waals surface area contributed by atoms with E-state index < -0.39 is 5.91 Å². The lowest BCUT2D eigenvalue weighted by Gasteiger charge is -2.09. The highest BCUT2D eigenvalue weighted by molar-refractivity contribution is 6.05. The number of nitrogens with two attached hydrogens (primary N) is 1. The van der Waals surface area contributed by atoms with E-state index in [1.807, 2.05) is 6.92 Å². The summed E-state index contributed by atoms with van der Waals surface area (Å²) in [7, 11) is 0. The Kier molecular flexibility index (Phi) is 3.56. The fourth-order valence-corrected chi connectivity index (χ4v) is 1.60. The van der Waals surface area contributed by atoms with Crippen LogP contribution in [0.1, 0.15) is 26.3 Å². The Bertz CT molecular complexity index is 624. The summed E-state index contributed by atoms with van der Waals surface area (Å²) in [5.41, 5.74) is 7.43. The quantitative estimate of drug-likeness (QED) is 0.876. The molecule has 0 aliphatic carbocycles. The fourth-order valence-electron chi connectivity index (χ4n) is 1.60. The van der Waals surface area contributed by atoms with Gasteiger partial charge in [-0.2, -0.15) is 0 Å². The van der Waals surface area contributed by atoms with Gasteiger partial charge in [0.2, 0.25) is 5.91 Å². The van der Waals surface area contributed by atoms with Crippen molar-refractivity contribution in [3.8, 4) is 0 Å². The first-order valence-corrected chi connectivity index (χ1v) is 5.70. The lowest BCUT2D eigenvalue weighted by Crippen LogP contribution is -2.15. The van der Waals surface area contributed by atoms with E-state index in [1.165, 1.54) is 6.20 Å². The second-order valence-corrected chi connectivity index (χ2v) is 4.09.